The van der Waals surface area contributed by atoms with E-state index in [2.05, 4.69) is 42.2 Å². The monoisotopic (exact) mass is 401 g/mol. The van der Waals surface area contributed by atoms with Crippen LogP contribution in [0.5, 0.6) is 0 Å². The summed E-state index contributed by atoms with van der Waals surface area (Å²) in [5.74, 6) is -0.371. The maximum atomic E-state index is 11.8. The van der Waals surface area contributed by atoms with E-state index >= 15 is 0 Å². The highest BCUT2D eigenvalue weighted by atomic mass is 79.9. The lowest BCUT2D eigenvalue weighted by atomic mass is 10.3. The van der Waals surface area contributed by atoms with Crippen LogP contribution in [0.15, 0.2) is 49.0 Å². The number of rotatable bonds is 3. The van der Waals surface area contributed by atoms with Crippen LogP contribution >= 0.6 is 31.9 Å². The second kappa shape index (κ2) is 6.19. The zero-order valence-corrected chi connectivity index (χ0v) is 13.2. The van der Waals surface area contributed by atoms with E-state index in [-0.39, 0.29) is 16.9 Å². The van der Waals surface area contributed by atoms with Gasteiger partial charge in [-0.05, 0) is 34.1 Å². The van der Waals surface area contributed by atoms with Crippen LogP contribution in [0.2, 0.25) is 0 Å². The van der Waals surface area contributed by atoms with Gasteiger partial charge < -0.3 is 5.32 Å². The van der Waals surface area contributed by atoms with E-state index in [1.165, 1.54) is 6.20 Å². The minimum absolute atomic E-state index is 0.187. The van der Waals surface area contributed by atoms with Crippen LogP contribution in [-0.4, -0.2) is 15.5 Å². The number of hydrogen-bond donors (Lipinski definition) is 2. The number of carbonyl (C=O) groups is 1. The number of amides is 1. The molecule has 1 aromatic carbocycles. The van der Waals surface area contributed by atoms with Gasteiger partial charge in [-0.1, -0.05) is 22.0 Å². The van der Waals surface area contributed by atoms with Gasteiger partial charge in [-0.2, -0.15) is 0 Å². The SMILES string of the molecule is O=C(Cn1cc(Br)c(=O)[nH]c1=O)Nc1cccc(Br)c1. The number of nitrogens with one attached hydrogen (secondary N) is 2. The summed E-state index contributed by atoms with van der Waals surface area (Å²) < 4.78 is 2.13. The molecule has 0 aliphatic rings. The van der Waals surface area contributed by atoms with Crippen LogP contribution in [0.1, 0.15) is 0 Å². The Hall–Kier alpha value is -1.67. The van der Waals surface area contributed by atoms with Crippen LogP contribution in [-0.2, 0) is 11.3 Å². The minimum Gasteiger partial charge on any atom is -0.324 e. The Kier molecular flexibility index (Phi) is 4.56. The highest BCUT2D eigenvalue weighted by Crippen LogP contribution is 2.15. The fourth-order valence-corrected chi connectivity index (χ4v) is 2.27. The average molecular weight is 403 g/mol. The molecule has 2 aromatic rings. The van der Waals surface area contributed by atoms with Gasteiger partial charge in [-0.25, -0.2) is 4.79 Å². The molecule has 0 radical (unpaired) electrons. The summed E-state index contributed by atoms with van der Waals surface area (Å²) >= 11 is 6.30. The van der Waals surface area contributed by atoms with E-state index < -0.39 is 11.2 Å². The van der Waals surface area contributed by atoms with Crippen LogP contribution < -0.4 is 16.6 Å². The van der Waals surface area contributed by atoms with Crippen molar-refractivity contribution in [3.63, 3.8) is 0 Å². The predicted octanol–water partition coefficient (Wildman–Crippen LogP) is 1.70. The molecular weight excluding hydrogens is 394 g/mol. The molecule has 1 heterocycles. The quantitative estimate of drug-likeness (QED) is 0.819. The Morgan fingerprint density at radius 1 is 1.30 bits per heavy atom. The molecule has 8 heteroatoms. The second-order valence-electron chi connectivity index (χ2n) is 3.92. The van der Waals surface area contributed by atoms with E-state index in [0.717, 1.165) is 9.04 Å². The average Bonchev–Trinajstić information content (AvgIpc) is 2.36. The second-order valence-corrected chi connectivity index (χ2v) is 5.69. The molecule has 0 bridgehead atoms. The third-order valence-electron chi connectivity index (χ3n) is 2.39. The van der Waals surface area contributed by atoms with Crippen molar-refractivity contribution < 1.29 is 4.79 Å². The van der Waals surface area contributed by atoms with E-state index in [0.29, 0.717) is 5.69 Å². The van der Waals surface area contributed by atoms with Crippen LogP contribution in [0.4, 0.5) is 5.69 Å². The van der Waals surface area contributed by atoms with Gasteiger partial charge in [-0.15, -0.1) is 0 Å². The molecule has 0 saturated heterocycles. The number of benzene rings is 1. The minimum atomic E-state index is -0.636. The maximum Gasteiger partial charge on any atom is 0.328 e. The van der Waals surface area contributed by atoms with Crippen molar-refractivity contribution >= 4 is 43.5 Å². The van der Waals surface area contributed by atoms with E-state index in [4.69, 9.17) is 0 Å². The van der Waals surface area contributed by atoms with Crippen LogP contribution in [0.25, 0.3) is 0 Å². The Balaban J connectivity index is 2.15. The molecule has 0 unspecified atom stereocenters. The maximum absolute atomic E-state index is 11.8. The molecule has 0 aliphatic carbocycles. The zero-order valence-electron chi connectivity index (χ0n) is 10.0. The Bertz CT molecular complexity index is 767. The van der Waals surface area contributed by atoms with Gasteiger partial charge in [0.05, 0.1) is 4.47 Å². The molecule has 0 fully saturated rings. The highest BCUT2D eigenvalue weighted by Gasteiger charge is 2.07. The highest BCUT2D eigenvalue weighted by molar-refractivity contribution is 9.10. The van der Waals surface area contributed by atoms with Gasteiger partial charge >= 0.3 is 5.69 Å². The first-order valence-electron chi connectivity index (χ1n) is 5.50. The first-order chi connectivity index (χ1) is 9.45. The largest absolute Gasteiger partial charge is 0.328 e. The standard InChI is InChI=1S/C12H9Br2N3O3/c13-7-2-1-3-8(4-7)15-10(18)6-17-5-9(14)11(19)16-12(17)20/h1-5H,6H2,(H,15,18)(H,16,19,20). The predicted molar refractivity (Wildman–Crippen MR) is 81.8 cm³/mol. The zero-order chi connectivity index (χ0) is 14.7. The Morgan fingerprint density at radius 2 is 2.05 bits per heavy atom. The first kappa shape index (κ1) is 14.7. The van der Waals surface area contributed by atoms with E-state index in [9.17, 15) is 14.4 Å². The Morgan fingerprint density at radius 3 is 2.75 bits per heavy atom. The first-order valence-corrected chi connectivity index (χ1v) is 7.09. The molecule has 0 aliphatic heterocycles. The molecule has 2 rings (SSSR count). The number of hydrogen-bond acceptors (Lipinski definition) is 3. The fourth-order valence-electron chi connectivity index (χ4n) is 1.52. The Labute approximate surface area is 130 Å². The van der Waals surface area contributed by atoms with Crippen molar-refractivity contribution in [3.8, 4) is 0 Å². The molecule has 104 valence electrons. The van der Waals surface area contributed by atoms with Gasteiger partial charge in [-0.3, -0.25) is 19.1 Å². The lowest BCUT2D eigenvalue weighted by molar-refractivity contribution is -0.116. The fraction of sp³-hybridized carbons (Fsp3) is 0.0833. The molecule has 2 N–H and O–H groups in total. The third kappa shape index (κ3) is 3.67. The molecule has 0 saturated carbocycles. The van der Waals surface area contributed by atoms with Crippen molar-refractivity contribution in [1.82, 2.24) is 9.55 Å². The van der Waals surface area contributed by atoms with Gasteiger partial charge in [0.25, 0.3) is 5.56 Å². The van der Waals surface area contributed by atoms with Crippen molar-refractivity contribution in [1.29, 1.82) is 0 Å². The van der Waals surface area contributed by atoms with E-state index in [1.54, 1.807) is 18.2 Å². The van der Waals surface area contributed by atoms with Gasteiger partial charge in [0.1, 0.15) is 6.54 Å². The topological polar surface area (TPSA) is 84.0 Å². The smallest absolute Gasteiger partial charge is 0.324 e. The molecule has 1 aromatic heterocycles. The summed E-state index contributed by atoms with van der Waals surface area (Å²) in [4.78, 5) is 36.7. The van der Waals surface area contributed by atoms with Crippen molar-refractivity contribution in [2.75, 3.05) is 5.32 Å². The number of aromatic amines is 1. The summed E-state index contributed by atoms with van der Waals surface area (Å²) in [5, 5.41) is 2.66. The normalized spacial score (nSPS) is 10.3. The van der Waals surface area contributed by atoms with Gasteiger partial charge in [0, 0.05) is 16.4 Å². The summed E-state index contributed by atoms with van der Waals surface area (Å²) in [6, 6.07) is 7.08. The number of nitrogens with zero attached hydrogens (tertiary/aromatic N) is 1. The van der Waals surface area contributed by atoms with Crippen LogP contribution in [0.3, 0.4) is 0 Å². The molecule has 1 amide bonds. The van der Waals surface area contributed by atoms with Crippen molar-refractivity contribution in [2.24, 2.45) is 0 Å². The van der Waals surface area contributed by atoms with Gasteiger partial charge in [0.2, 0.25) is 5.91 Å². The van der Waals surface area contributed by atoms with Crippen LogP contribution in [0, 0.1) is 0 Å². The van der Waals surface area contributed by atoms with E-state index in [1.807, 2.05) is 6.07 Å². The number of carbonyl (C=O) groups excluding carboxylic acids is 1. The number of aromatic nitrogens is 2. The summed E-state index contributed by atoms with van der Waals surface area (Å²) in [7, 11) is 0. The number of H-pyrrole nitrogens is 1. The molecular formula is C12H9Br2N3O3. The summed E-state index contributed by atoms with van der Waals surface area (Å²) in [6.07, 6.45) is 1.28. The summed E-state index contributed by atoms with van der Waals surface area (Å²) in [6.45, 7) is -0.194. The molecule has 20 heavy (non-hydrogen) atoms. The van der Waals surface area contributed by atoms with Crippen molar-refractivity contribution in [2.45, 2.75) is 6.54 Å². The molecule has 0 atom stereocenters. The molecule has 0 spiro atoms. The molecule has 6 nitrogen and oxygen atoms in total. The van der Waals surface area contributed by atoms with Gasteiger partial charge in [0.15, 0.2) is 0 Å². The lowest BCUT2D eigenvalue weighted by Crippen LogP contribution is -2.33. The number of anilines is 1. The lowest BCUT2D eigenvalue weighted by Gasteiger charge is -2.07. The van der Waals surface area contributed by atoms with Crippen molar-refractivity contribution in [3.05, 3.63) is 60.2 Å². The third-order valence-corrected chi connectivity index (χ3v) is 3.45. The number of halogens is 2. The summed E-state index contributed by atoms with van der Waals surface area (Å²) in [5.41, 5.74) is -0.554.